The highest BCUT2D eigenvalue weighted by Crippen LogP contribution is 2.41. The fourth-order valence-electron chi connectivity index (χ4n) is 0.968. The molecule has 0 saturated heterocycles. The Hall–Kier alpha value is -2.01. The molecule has 0 fully saturated rings. The zero-order chi connectivity index (χ0) is 10.8. The summed E-state index contributed by atoms with van der Waals surface area (Å²) in [7, 11) is 0. The molecular formula is C9H3F3N2. The summed E-state index contributed by atoms with van der Waals surface area (Å²) in [6.07, 6.45) is -4.58. The molecule has 1 rings (SSSR count). The van der Waals surface area contributed by atoms with Crippen molar-refractivity contribution >= 4 is 11.4 Å². The first kappa shape index (κ1) is 10.1. The molecule has 0 bridgehead atoms. The lowest BCUT2D eigenvalue weighted by Gasteiger charge is -2.08. The molecule has 2 nitrogen and oxygen atoms in total. The van der Waals surface area contributed by atoms with Crippen molar-refractivity contribution in [1.29, 1.82) is 0 Å². The van der Waals surface area contributed by atoms with Crippen LogP contribution in [0.2, 0.25) is 0 Å². The van der Waals surface area contributed by atoms with Crippen molar-refractivity contribution < 1.29 is 13.2 Å². The molecule has 0 amide bonds. The second kappa shape index (κ2) is 3.39. The monoisotopic (exact) mass is 196 g/mol. The number of para-hydroxylation sites is 1. The van der Waals surface area contributed by atoms with E-state index in [0.717, 1.165) is 12.1 Å². The molecule has 0 heterocycles. The van der Waals surface area contributed by atoms with E-state index in [1.807, 2.05) is 0 Å². The van der Waals surface area contributed by atoms with Crippen LogP contribution in [0.5, 0.6) is 0 Å². The Labute approximate surface area is 78.2 Å². The van der Waals surface area contributed by atoms with Gasteiger partial charge in [0.15, 0.2) is 5.69 Å². The Morgan fingerprint density at radius 2 is 1.71 bits per heavy atom. The van der Waals surface area contributed by atoms with Crippen molar-refractivity contribution in [3.8, 4) is 0 Å². The van der Waals surface area contributed by atoms with Gasteiger partial charge in [0, 0.05) is 5.56 Å². The summed E-state index contributed by atoms with van der Waals surface area (Å²) >= 11 is 0. The van der Waals surface area contributed by atoms with E-state index in [1.165, 1.54) is 6.07 Å². The molecule has 5 heteroatoms. The predicted molar refractivity (Wildman–Crippen MR) is 44.0 cm³/mol. The molecule has 0 aliphatic heterocycles. The average Bonchev–Trinajstić information content (AvgIpc) is 2.15. The summed E-state index contributed by atoms with van der Waals surface area (Å²) in [6, 6.07) is 3.10. The van der Waals surface area contributed by atoms with Crippen LogP contribution in [0.25, 0.3) is 9.69 Å². The fourth-order valence-corrected chi connectivity index (χ4v) is 0.968. The molecule has 70 valence electrons. The van der Waals surface area contributed by atoms with Gasteiger partial charge in [-0.1, -0.05) is 18.2 Å². The predicted octanol–water partition coefficient (Wildman–Crippen LogP) is 3.81. The van der Waals surface area contributed by atoms with Crippen LogP contribution >= 0.6 is 0 Å². The molecule has 1 aromatic carbocycles. The third-order valence-corrected chi connectivity index (χ3v) is 1.55. The molecule has 0 atom stereocenters. The van der Waals surface area contributed by atoms with E-state index in [0.29, 0.717) is 0 Å². The second-order valence-corrected chi connectivity index (χ2v) is 2.39. The van der Waals surface area contributed by atoms with Crippen LogP contribution in [0.15, 0.2) is 18.2 Å². The third-order valence-electron chi connectivity index (χ3n) is 1.55. The zero-order valence-corrected chi connectivity index (χ0v) is 6.76. The maximum atomic E-state index is 12.3. The molecule has 0 N–H and O–H groups in total. The van der Waals surface area contributed by atoms with Crippen molar-refractivity contribution in [3.63, 3.8) is 0 Å². The van der Waals surface area contributed by atoms with Gasteiger partial charge in [0.2, 0.25) is 5.69 Å². The number of rotatable bonds is 0. The van der Waals surface area contributed by atoms with E-state index < -0.39 is 17.4 Å². The Morgan fingerprint density at radius 3 is 2.14 bits per heavy atom. The van der Waals surface area contributed by atoms with Gasteiger partial charge < -0.3 is 0 Å². The smallest absolute Gasteiger partial charge is 0.250 e. The first-order chi connectivity index (χ1) is 6.50. The summed E-state index contributed by atoms with van der Waals surface area (Å²) in [6.45, 7) is 13.2. The van der Waals surface area contributed by atoms with E-state index in [2.05, 4.69) is 9.69 Å². The Balaban J connectivity index is 3.49. The fraction of sp³-hybridized carbons (Fsp3) is 0.111. The molecule has 1 aromatic rings. The van der Waals surface area contributed by atoms with Crippen LogP contribution in [0.3, 0.4) is 0 Å². The maximum absolute atomic E-state index is 12.3. The minimum atomic E-state index is -4.58. The first-order valence-corrected chi connectivity index (χ1v) is 3.46. The number of hydrogen-bond donors (Lipinski definition) is 0. The molecule has 0 radical (unpaired) electrons. The Kier molecular flexibility index (Phi) is 2.44. The molecule has 0 spiro atoms. The van der Waals surface area contributed by atoms with Crippen LogP contribution in [0.4, 0.5) is 24.5 Å². The van der Waals surface area contributed by atoms with Gasteiger partial charge in [0.25, 0.3) is 0 Å². The Morgan fingerprint density at radius 1 is 1.07 bits per heavy atom. The van der Waals surface area contributed by atoms with E-state index in [1.54, 1.807) is 0 Å². The molecule has 0 saturated carbocycles. The first-order valence-electron chi connectivity index (χ1n) is 3.46. The third kappa shape index (κ3) is 1.67. The number of hydrogen-bond acceptors (Lipinski definition) is 0. The quantitative estimate of drug-likeness (QED) is 0.558. The number of halogens is 3. The van der Waals surface area contributed by atoms with Gasteiger partial charge in [-0.25, -0.2) is 4.85 Å². The van der Waals surface area contributed by atoms with Gasteiger partial charge in [-0.05, 0) is 0 Å². The minimum absolute atomic E-state index is 0.269. The second-order valence-electron chi connectivity index (χ2n) is 2.39. The summed E-state index contributed by atoms with van der Waals surface area (Å²) in [5.74, 6) is 0. The SMILES string of the molecule is [C-]#[N+]c1cccc(C(F)(F)F)c1[N+]#[C-]. The molecule has 0 aliphatic rings. The van der Waals surface area contributed by atoms with E-state index >= 15 is 0 Å². The highest BCUT2D eigenvalue weighted by Gasteiger charge is 2.33. The highest BCUT2D eigenvalue weighted by molar-refractivity contribution is 5.74. The molecule has 0 aliphatic carbocycles. The summed E-state index contributed by atoms with van der Waals surface area (Å²) in [5, 5.41) is 0. The standard InChI is InChI=1S/C9H3F3N2/c1-13-7-5-3-4-6(8(7)14-2)9(10,11)12/h3-5H. The van der Waals surface area contributed by atoms with Gasteiger partial charge in [0.1, 0.15) is 0 Å². The molecule has 0 unspecified atom stereocenters. The van der Waals surface area contributed by atoms with Crippen molar-refractivity contribution in [3.05, 3.63) is 46.6 Å². The van der Waals surface area contributed by atoms with E-state index in [9.17, 15) is 13.2 Å². The summed E-state index contributed by atoms with van der Waals surface area (Å²) in [5.41, 5.74) is -1.95. The topological polar surface area (TPSA) is 8.72 Å². The lowest BCUT2D eigenvalue weighted by Crippen LogP contribution is -2.04. The minimum Gasteiger partial charge on any atom is -0.250 e. The van der Waals surface area contributed by atoms with Crippen molar-refractivity contribution in [2.45, 2.75) is 6.18 Å². The number of nitrogens with zero attached hydrogens (tertiary/aromatic N) is 2. The average molecular weight is 196 g/mol. The van der Waals surface area contributed by atoms with Crippen molar-refractivity contribution in [2.24, 2.45) is 0 Å². The van der Waals surface area contributed by atoms with Crippen molar-refractivity contribution in [1.82, 2.24) is 0 Å². The maximum Gasteiger partial charge on any atom is 0.406 e. The van der Waals surface area contributed by atoms with Crippen LogP contribution < -0.4 is 0 Å². The normalized spacial score (nSPS) is 10.4. The van der Waals surface area contributed by atoms with E-state index in [4.69, 9.17) is 13.1 Å². The zero-order valence-electron chi connectivity index (χ0n) is 6.76. The van der Waals surface area contributed by atoms with Gasteiger partial charge >= 0.3 is 6.18 Å². The van der Waals surface area contributed by atoms with Crippen LogP contribution in [0.1, 0.15) is 5.56 Å². The lowest BCUT2D eigenvalue weighted by molar-refractivity contribution is -0.136. The number of benzene rings is 1. The van der Waals surface area contributed by atoms with Crippen molar-refractivity contribution in [2.75, 3.05) is 0 Å². The molecule has 0 aromatic heterocycles. The van der Waals surface area contributed by atoms with Crippen LogP contribution in [-0.4, -0.2) is 0 Å². The summed E-state index contributed by atoms with van der Waals surface area (Å²) in [4.78, 5) is 5.58. The highest BCUT2D eigenvalue weighted by atomic mass is 19.4. The van der Waals surface area contributed by atoms with Gasteiger partial charge in [0.05, 0.1) is 13.1 Å². The van der Waals surface area contributed by atoms with Gasteiger partial charge in [-0.15, -0.1) is 0 Å². The largest absolute Gasteiger partial charge is 0.406 e. The van der Waals surface area contributed by atoms with Crippen LogP contribution in [0, 0.1) is 13.1 Å². The molecular weight excluding hydrogens is 193 g/mol. The van der Waals surface area contributed by atoms with Gasteiger partial charge in [-0.2, -0.15) is 13.2 Å². The number of alkyl halides is 3. The lowest BCUT2D eigenvalue weighted by atomic mass is 10.1. The van der Waals surface area contributed by atoms with Crippen LogP contribution in [-0.2, 0) is 6.18 Å². The van der Waals surface area contributed by atoms with Gasteiger partial charge in [-0.3, -0.25) is 4.85 Å². The molecule has 14 heavy (non-hydrogen) atoms. The summed E-state index contributed by atoms with van der Waals surface area (Å²) < 4.78 is 36.9. The Bertz CT molecular complexity index is 435. The van der Waals surface area contributed by atoms with E-state index in [-0.39, 0.29) is 5.69 Å².